The Morgan fingerprint density at radius 3 is 3.00 bits per heavy atom. The van der Waals surface area contributed by atoms with E-state index in [9.17, 15) is 4.79 Å². The average molecular weight is 363 g/mol. The number of carbonyl (C=O) groups excluding carboxylic acids is 1. The molecule has 1 aromatic carbocycles. The number of halogens is 1. The molecule has 2 heterocycles. The lowest BCUT2D eigenvalue weighted by molar-refractivity contribution is 0.0950. The number of fused-ring (bicyclic) bond motifs is 1. The van der Waals surface area contributed by atoms with Crippen LogP contribution in [0, 0.1) is 0 Å². The van der Waals surface area contributed by atoms with Crippen LogP contribution in [0.3, 0.4) is 0 Å². The molecule has 7 heteroatoms. The van der Waals surface area contributed by atoms with Crippen molar-refractivity contribution in [1.82, 2.24) is 15.3 Å². The maximum Gasteiger partial charge on any atom is 0.280 e. The summed E-state index contributed by atoms with van der Waals surface area (Å²) in [6, 6.07) is 7.73. The van der Waals surface area contributed by atoms with Gasteiger partial charge >= 0.3 is 0 Å². The fourth-order valence-corrected chi connectivity index (χ4v) is 3.14. The van der Waals surface area contributed by atoms with Gasteiger partial charge in [-0.2, -0.15) is 0 Å². The van der Waals surface area contributed by atoms with Crippen LogP contribution in [-0.2, 0) is 6.54 Å². The molecule has 3 N–H and O–H groups in total. The highest BCUT2D eigenvalue weighted by atomic mass is 79.9. The Hall–Kier alpha value is -1.99. The normalized spacial score (nSPS) is 10.7. The molecule has 0 unspecified atom stereocenters. The van der Waals surface area contributed by atoms with Crippen LogP contribution >= 0.6 is 27.3 Å². The third-order valence-electron chi connectivity index (χ3n) is 2.98. The minimum absolute atomic E-state index is 0.181. The Morgan fingerprint density at radius 2 is 2.24 bits per heavy atom. The van der Waals surface area contributed by atoms with E-state index in [0.29, 0.717) is 22.0 Å². The minimum Gasteiger partial charge on any atom is -0.383 e. The van der Waals surface area contributed by atoms with Crippen molar-refractivity contribution in [3.8, 4) is 0 Å². The van der Waals surface area contributed by atoms with Crippen molar-refractivity contribution in [2.24, 2.45) is 0 Å². The molecule has 21 heavy (non-hydrogen) atoms. The van der Waals surface area contributed by atoms with Crippen LogP contribution in [0.15, 0.2) is 40.4 Å². The topological polar surface area (TPSA) is 80.9 Å². The third-order valence-corrected chi connectivity index (χ3v) is 4.53. The zero-order valence-corrected chi connectivity index (χ0v) is 13.2. The molecule has 0 aliphatic heterocycles. The quantitative estimate of drug-likeness (QED) is 0.750. The second-order valence-corrected chi connectivity index (χ2v) is 6.08. The van der Waals surface area contributed by atoms with E-state index in [1.807, 2.05) is 24.3 Å². The molecule has 0 bridgehead atoms. The van der Waals surface area contributed by atoms with Crippen molar-refractivity contribution < 1.29 is 4.79 Å². The van der Waals surface area contributed by atoms with Crippen molar-refractivity contribution in [2.75, 3.05) is 5.73 Å². The summed E-state index contributed by atoms with van der Waals surface area (Å²) in [6.45, 7) is 0.439. The first-order valence-corrected chi connectivity index (χ1v) is 7.83. The summed E-state index contributed by atoms with van der Waals surface area (Å²) in [5.41, 5.74) is 6.81. The number of anilines is 1. The van der Waals surface area contributed by atoms with E-state index >= 15 is 0 Å². The molecule has 2 aromatic heterocycles. The number of nitrogens with two attached hydrogens (primary N) is 1. The molecule has 106 valence electrons. The fraction of sp³-hybridized carbons (Fsp3) is 0.0714. The summed E-state index contributed by atoms with van der Waals surface area (Å²) < 4.78 is 0.673. The molecule has 0 spiro atoms. The summed E-state index contributed by atoms with van der Waals surface area (Å²) in [4.78, 5) is 20.1. The Labute approximate surface area is 133 Å². The number of pyridine rings is 1. The molecule has 5 nitrogen and oxygen atoms in total. The zero-order chi connectivity index (χ0) is 14.8. The summed E-state index contributed by atoms with van der Waals surface area (Å²) in [7, 11) is 0. The minimum atomic E-state index is -0.181. The number of nitrogen functional groups attached to an aromatic ring is 1. The van der Waals surface area contributed by atoms with Crippen molar-refractivity contribution in [2.45, 2.75) is 6.54 Å². The van der Waals surface area contributed by atoms with E-state index in [2.05, 4.69) is 31.2 Å². The largest absolute Gasteiger partial charge is 0.383 e. The van der Waals surface area contributed by atoms with Crippen LogP contribution in [0.4, 0.5) is 5.82 Å². The van der Waals surface area contributed by atoms with E-state index < -0.39 is 0 Å². The highest BCUT2D eigenvalue weighted by molar-refractivity contribution is 9.10. The van der Waals surface area contributed by atoms with Crippen LogP contribution in [0.5, 0.6) is 0 Å². The number of rotatable bonds is 3. The van der Waals surface area contributed by atoms with Crippen LogP contribution in [0.1, 0.15) is 15.4 Å². The maximum atomic E-state index is 11.9. The van der Waals surface area contributed by atoms with E-state index in [1.165, 1.54) is 11.3 Å². The second kappa shape index (κ2) is 5.79. The van der Waals surface area contributed by atoms with E-state index in [0.717, 1.165) is 16.3 Å². The molecule has 0 aliphatic carbocycles. The smallest absolute Gasteiger partial charge is 0.280 e. The van der Waals surface area contributed by atoms with Gasteiger partial charge in [-0.15, -0.1) is 11.3 Å². The van der Waals surface area contributed by atoms with Gasteiger partial charge in [-0.1, -0.05) is 12.1 Å². The van der Waals surface area contributed by atoms with E-state index in [1.54, 1.807) is 11.6 Å². The Balaban J connectivity index is 1.75. The number of thiazole rings is 1. The van der Waals surface area contributed by atoms with Crippen molar-refractivity contribution in [3.63, 3.8) is 0 Å². The van der Waals surface area contributed by atoms with E-state index in [-0.39, 0.29) is 5.91 Å². The lowest BCUT2D eigenvalue weighted by Gasteiger charge is -2.06. The first-order valence-electron chi connectivity index (χ1n) is 6.16. The van der Waals surface area contributed by atoms with Gasteiger partial charge in [0.2, 0.25) is 0 Å². The number of aromatic nitrogens is 2. The van der Waals surface area contributed by atoms with Gasteiger partial charge in [0.25, 0.3) is 5.91 Å². The predicted molar refractivity (Wildman–Crippen MR) is 87.1 cm³/mol. The highest BCUT2D eigenvalue weighted by Gasteiger charge is 2.10. The standard InChI is InChI=1S/C14H11BrN4OS/c15-11-7-21-14(19-11)13(20)18-6-8-1-2-10-9(5-8)3-4-17-12(10)16/h1-5,7H,6H2,(H2,16,17)(H,18,20). The van der Waals surface area contributed by atoms with Crippen molar-refractivity contribution in [3.05, 3.63) is 51.0 Å². The number of benzene rings is 1. The number of carbonyl (C=O) groups is 1. The summed E-state index contributed by atoms with van der Waals surface area (Å²) in [5, 5.41) is 6.99. The fourth-order valence-electron chi connectivity index (χ4n) is 1.98. The average Bonchev–Trinajstić information content (AvgIpc) is 2.91. The molecule has 0 saturated carbocycles. The predicted octanol–water partition coefficient (Wildman–Crippen LogP) is 2.97. The maximum absolute atomic E-state index is 11.9. The number of hydrogen-bond donors (Lipinski definition) is 2. The molecule has 0 fully saturated rings. The molecule has 0 radical (unpaired) electrons. The van der Waals surface area contributed by atoms with Crippen LogP contribution in [0.2, 0.25) is 0 Å². The molecule has 1 amide bonds. The van der Waals surface area contributed by atoms with Crippen LogP contribution in [-0.4, -0.2) is 15.9 Å². The molecule has 0 aliphatic rings. The third kappa shape index (κ3) is 3.03. The van der Waals surface area contributed by atoms with Gasteiger partial charge in [-0.25, -0.2) is 9.97 Å². The molecule has 3 rings (SSSR count). The summed E-state index contributed by atoms with van der Waals surface area (Å²) in [6.07, 6.45) is 1.67. The molecule has 0 atom stereocenters. The van der Waals surface area contributed by atoms with Crippen LogP contribution < -0.4 is 11.1 Å². The molecular weight excluding hydrogens is 352 g/mol. The number of amides is 1. The second-order valence-electron chi connectivity index (χ2n) is 4.41. The number of nitrogens with zero attached hydrogens (tertiary/aromatic N) is 2. The van der Waals surface area contributed by atoms with Crippen molar-refractivity contribution in [1.29, 1.82) is 0 Å². The zero-order valence-electron chi connectivity index (χ0n) is 10.8. The first-order chi connectivity index (χ1) is 10.1. The Kier molecular flexibility index (Phi) is 3.85. The molecule has 0 saturated heterocycles. The molecule has 3 aromatic rings. The highest BCUT2D eigenvalue weighted by Crippen LogP contribution is 2.20. The van der Waals surface area contributed by atoms with Gasteiger partial charge in [-0.05, 0) is 39.0 Å². The van der Waals surface area contributed by atoms with Gasteiger partial charge in [0.15, 0.2) is 5.01 Å². The van der Waals surface area contributed by atoms with E-state index in [4.69, 9.17) is 5.73 Å². The van der Waals surface area contributed by atoms with Gasteiger partial charge in [0.05, 0.1) is 0 Å². The Bertz CT molecular complexity index is 818. The number of hydrogen-bond acceptors (Lipinski definition) is 5. The van der Waals surface area contributed by atoms with Gasteiger partial charge in [0, 0.05) is 23.5 Å². The first kappa shape index (κ1) is 14.0. The molecular formula is C14H11BrN4OS. The van der Waals surface area contributed by atoms with Gasteiger partial charge in [0.1, 0.15) is 10.4 Å². The summed E-state index contributed by atoms with van der Waals surface area (Å²) >= 11 is 4.53. The van der Waals surface area contributed by atoms with Gasteiger partial charge < -0.3 is 11.1 Å². The Morgan fingerprint density at radius 1 is 1.38 bits per heavy atom. The van der Waals surface area contributed by atoms with Crippen LogP contribution in [0.25, 0.3) is 10.8 Å². The van der Waals surface area contributed by atoms with Gasteiger partial charge in [-0.3, -0.25) is 4.79 Å². The SMILES string of the molecule is Nc1nccc2cc(CNC(=O)c3nc(Br)cs3)ccc12. The van der Waals surface area contributed by atoms with Crippen molar-refractivity contribution >= 4 is 49.8 Å². The lowest BCUT2D eigenvalue weighted by Crippen LogP contribution is -2.22. The number of nitrogens with one attached hydrogen (secondary N) is 1. The monoisotopic (exact) mass is 362 g/mol. The lowest BCUT2D eigenvalue weighted by atomic mass is 10.1. The summed E-state index contributed by atoms with van der Waals surface area (Å²) in [5.74, 6) is 0.329.